The highest BCUT2D eigenvalue weighted by atomic mass is 35.5. The molecule has 1 heterocycles. The summed E-state index contributed by atoms with van der Waals surface area (Å²) < 4.78 is 5.55. The molecule has 0 fully saturated rings. The Labute approximate surface area is 180 Å². The van der Waals surface area contributed by atoms with Gasteiger partial charge in [0.25, 0.3) is 11.6 Å². The Kier molecular flexibility index (Phi) is 6.17. The van der Waals surface area contributed by atoms with E-state index in [1.807, 2.05) is 0 Å². The molecule has 2 N–H and O–H groups in total. The Hall–Kier alpha value is -2.94. The molecular weight excluding hydrogens is 437 g/mol. The van der Waals surface area contributed by atoms with Crippen LogP contribution in [0.2, 0.25) is 10.0 Å². The summed E-state index contributed by atoms with van der Waals surface area (Å²) in [6.07, 6.45) is 0. The van der Waals surface area contributed by atoms with Crippen LogP contribution in [-0.4, -0.2) is 15.9 Å². The molecule has 0 bridgehead atoms. The number of hydrogen-bond donors (Lipinski definition) is 2. The summed E-state index contributed by atoms with van der Waals surface area (Å²) >= 11 is 17.0. The smallest absolute Gasteiger partial charge is 0.293 e. The number of thiocarbonyl (C=S) groups is 1. The molecular formula is C19H13Cl2N3O4S. The predicted molar refractivity (Wildman–Crippen MR) is 116 cm³/mol. The highest BCUT2D eigenvalue weighted by Crippen LogP contribution is 2.29. The van der Waals surface area contributed by atoms with Crippen molar-refractivity contribution in [1.29, 1.82) is 0 Å². The van der Waals surface area contributed by atoms with Gasteiger partial charge in [0, 0.05) is 11.6 Å². The first-order valence-corrected chi connectivity index (χ1v) is 9.33. The molecule has 0 atom stereocenters. The van der Waals surface area contributed by atoms with Crippen LogP contribution in [0, 0.1) is 17.0 Å². The fraction of sp³-hybridized carbons (Fsp3) is 0.0526. The van der Waals surface area contributed by atoms with Gasteiger partial charge in [-0.25, -0.2) is 0 Å². The topological polar surface area (TPSA) is 97.4 Å². The van der Waals surface area contributed by atoms with Gasteiger partial charge in [-0.1, -0.05) is 29.3 Å². The maximum Gasteiger partial charge on any atom is 0.293 e. The lowest BCUT2D eigenvalue weighted by Gasteiger charge is -2.09. The Balaban J connectivity index is 1.71. The number of carbonyl (C=O) groups is 1. The summed E-state index contributed by atoms with van der Waals surface area (Å²) in [5.41, 5.74) is 1.39. The Morgan fingerprint density at radius 2 is 1.86 bits per heavy atom. The molecule has 0 radical (unpaired) electrons. The SMILES string of the molecule is Cc1ccc(NC(=S)NC(=O)c2ccc(-c3ccc(Cl)c(Cl)c3)o2)c([N+](=O)[O-])c1. The van der Waals surface area contributed by atoms with Gasteiger partial charge in [-0.3, -0.25) is 20.2 Å². The second-order valence-electron chi connectivity index (χ2n) is 5.98. The number of anilines is 1. The molecule has 0 saturated heterocycles. The number of aryl methyl sites for hydroxylation is 1. The molecule has 3 aromatic rings. The molecule has 1 amide bonds. The molecule has 1 aromatic heterocycles. The van der Waals surface area contributed by atoms with Crippen molar-refractivity contribution in [3.8, 4) is 11.3 Å². The van der Waals surface area contributed by atoms with Crippen LogP contribution in [0.1, 0.15) is 16.1 Å². The second kappa shape index (κ2) is 8.60. The number of amides is 1. The van der Waals surface area contributed by atoms with E-state index in [-0.39, 0.29) is 22.2 Å². The molecule has 2 aromatic carbocycles. The van der Waals surface area contributed by atoms with E-state index in [0.29, 0.717) is 21.4 Å². The summed E-state index contributed by atoms with van der Waals surface area (Å²) in [4.78, 5) is 23.0. The van der Waals surface area contributed by atoms with Crippen LogP contribution in [0.5, 0.6) is 0 Å². The molecule has 0 saturated carbocycles. The molecule has 7 nitrogen and oxygen atoms in total. The van der Waals surface area contributed by atoms with Crippen LogP contribution in [0.4, 0.5) is 11.4 Å². The van der Waals surface area contributed by atoms with Crippen LogP contribution >= 0.6 is 35.4 Å². The minimum atomic E-state index is -0.608. The van der Waals surface area contributed by atoms with Gasteiger partial charge in [-0.15, -0.1) is 0 Å². The minimum Gasteiger partial charge on any atom is -0.451 e. The second-order valence-corrected chi connectivity index (χ2v) is 7.20. The van der Waals surface area contributed by atoms with Crippen molar-refractivity contribution in [2.75, 3.05) is 5.32 Å². The van der Waals surface area contributed by atoms with Crippen LogP contribution in [-0.2, 0) is 0 Å². The molecule has 0 aliphatic heterocycles. The van der Waals surface area contributed by atoms with E-state index in [1.54, 1.807) is 37.3 Å². The molecule has 3 rings (SSSR count). The first kappa shape index (κ1) is 20.8. The third-order valence-corrected chi connectivity index (χ3v) is 4.80. The number of carbonyl (C=O) groups excluding carboxylic acids is 1. The molecule has 0 unspecified atom stereocenters. The van der Waals surface area contributed by atoms with Crippen LogP contribution in [0.25, 0.3) is 11.3 Å². The number of nitrogens with one attached hydrogen (secondary N) is 2. The fourth-order valence-electron chi connectivity index (χ4n) is 2.48. The number of rotatable bonds is 4. The maximum absolute atomic E-state index is 12.4. The monoisotopic (exact) mass is 449 g/mol. The van der Waals surface area contributed by atoms with E-state index in [1.165, 1.54) is 18.2 Å². The number of nitrogens with zero attached hydrogens (tertiary/aromatic N) is 1. The Morgan fingerprint density at radius 1 is 1.10 bits per heavy atom. The zero-order valence-corrected chi connectivity index (χ0v) is 17.2. The van der Waals surface area contributed by atoms with Crippen molar-refractivity contribution in [1.82, 2.24) is 5.32 Å². The fourth-order valence-corrected chi connectivity index (χ4v) is 2.98. The Bertz CT molecular complexity index is 1130. The molecule has 29 heavy (non-hydrogen) atoms. The van der Waals surface area contributed by atoms with Gasteiger partial charge in [0.05, 0.1) is 15.0 Å². The van der Waals surface area contributed by atoms with Crippen molar-refractivity contribution in [2.24, 2.45) is 0 Å². The van der Waals surface area contributed by atoms with E-state index in [2.05, 4.69) is 10.6 Å². The highest BCUT2D eigenvalue weighted by molar-refractivity contribution is 7.80. The van der Waals surface area contributed by atoms with E-state index >= 15 is 0 Å². The van der Waals surface area contributed by atoms with Crippen molar-refractivity contribution >= 4 is 57.8 Å². The quantitative estimate of drug-likeness (QED) is 0.305. The van der Waals surface area contributed by atoms with E-state index in [0.717, 1.165) is 5.56 Å². The minimum absolute atomic E-state index is 0.00799. The summed E-state index contributed by atoms with van der Waals surface area (Å²) in [6.45, 7) is 1.74. The molecule has 148 valence electrons. The van der Waals surface area contributed by atoms with Crippen molar-refractivity contribution in [2.45, 2.75) is 6.92 Å². The standard InChI is InChI=1S/C19H13Cl2N3O4S/c1-10-2-5-14(15(8-10)24(26)27)22-19(29)23-18(25)17-7-6-16(28-17)11-3-4-12(20)13(21)9-11/h2-9H,1H3,(H2,22,23,25,29). The molecule has 0 aliphatic rings. The number of nitro benzene ring substituents is 1. The zero-order chi connectivity index (χ0) is 21.1. The van der Waals surface area contributed by atoms with Gasteiger partial charge in [0.15, 0.2) is 10.9 Å². The van der Waals surface area contributed by atoms with Gasteiger partial charge in [0.2, 0.25) is 0 Å². The van der Waals surface area contributed by atoms with Gasteiger partial charge in [0.1, 0.15) is 11.4 Å². The lowest BCUT2D eigenvalue weighted by atomic mass is 10.2. The van der Waals surface area contributed by atoms with Crippen molar-refractivity contribution < 1.29 is 14.1 Å². The lowest BCUT2D eigenvalue weighted by molar-refractivity contribution is -0.383. The first-order valence-electron chi connectivity index (χ1n) is 8.17. The molecule has 0 aliphatic carbocycles. The summed E-state index contributed by atoms with van der Waals surface area (Å²) in [5.74, 6) is -0.182. The third-order valence-electron chi connectivity index (χ3n) is 3.86. The third kappa shape index (κ3) is 4.92. The summed E-state index contributed by atoms with van der Waals surface area (Å²) in [5, 5.41) is 16.9. The number of halogens is 2. The van der Waals surface area contributed by atoms with Gasteiger partial charge >= 0.3 is 0 Å². The van der Waals surface area contributed by atoms with Crippen LogP contribution < -0.4 is 10.6 Å². The van der Waals surface area contributed by atoms with Crippen LogP contribution in [0.15, 0.2) is 52.9 Å². The van der Waals surface area contributed by atoms with E-state index in [4.69, 9.17) is 39.8 Å². The average Bonchev–Trinajstić information content (AvgIpc) is 3.15. The lowest BCUT2D eigenvalue weighted by Crippen LogP contribution is -2.34. The largest absolute Gasteiger partial charge is 0.451 e. The van der Waals surface area contributed by atoms with E-state index < -0.39 is 10.8 Å². The van der Waals surface area contributed by atoms with Crippen LogP contribution in [0.3, 0.4) is 0 Å². The molecule has 0 spiro atoms. The summed E-state index contributed by atoms with van der Waals surface area (Å²) in [7, 11) is 0. The normalized spacial score (nSPS) is 10.4. The molecule has 10 heteroatoms. The predicted octanol–water partition coefficient (Wildman–Crippen LogP) is 5.60. The maximum atomic E-state index is 12.4. The first-order chi connectivity index (χ1) is 13.7. The Morgan fingerprint density at radius 3 is 2.55 bits per heavy atom. The van der Waals surface area contributed by atoms with Crippen molar-refractivity contribution in [3.05, 3.63) is 80.0 Å². The highest BCUT2D eigenvalue weighted by Gasteiger charge is 2.18. The average molecular weight is 450 g/mol. The number of nitro groups is 1. The number of furan rings is 1. The van der Waals surface area contributed by atoms with Crippen molar-refractivity contribution in [3.63, 3.8) is 0 Å². The number of benzene rings is 2. The zero-order valence-electron chi connectivity index (χ0n) is 14.9. The van der Waals surface area contributed by atoms with E-state index in [9.17, 15) is 14.9 Å². The van der Waals surface area contributed by atoms with Gasteiger partial charge in [-0.2, -0.15) is 0 Å². The van der Waals surface area contributed by atoms with Gasteiger partial charge < -0.3 is 9.73 Å². The summed E-state index contributed by atoms with van der Waals surface area (Å²) in [6, 6.07) is 12.6. The van der Waals surface area contributed by atoms with Gasteiger partial charge in [-0.05, 0) is 61.1 Å². The number of hydrogen-bond acceptors (Lipinski definition) is 5.